The van der Waals surface area contributed by atoms with E-state index >= 15 is 0 Å². The van der Waals surface area contributed by atoms with Gasteiger partial charge in [-0.1, -0.05) is 40.2 Å². The molecule has 0 aliphatic rings. The summed E-state index contributed by atoms with van der Waals surface area (Å²) in [6, 6.07) is 19.3. The van der Waals surface area contributed by atoms with Crippen LogP contribution in [0.1, 0.15) is 0 Å². The van der Waals surface area contributed by atoms with Crippen molar-refractivity contribution in [2.24, 2.45) is 0 Å². The van der Waals surface area contributed by atoms with Crippen molar-refractivity contribution in [3.05, 3.63) is 77.3 Å². The summed E-state index contributed by atoms with van der Waals surface area (Å²) >= 11 is 3.38. The second-order valence-electron chi connectivity index (χ2n) is 5.81. The molecule has 0 atom stereocenters. The summed E-state index contributed by atoms with van der Waals surface area (Å²) in [5, 5.41) is 0. The highest BCUT2D eigenvalue weighted by molar-refractivity contribution is 9.10. The second kappa shape index (κ2) is 7.46. The summed E-state index contributed by atoms with van der Waals surface area (Å²) < 4.78 is 53.8. The molecule has 0 radical (unpaired) electrons. The molecule has 3 aromatic rings. The van der Waals surface area contributed by atoms with Gasteiger partial charge in [-0.3, -0.25) is 0 Å². The lowest BCUT2D eigenvalue weighted by atomic mass is 10.1. The summed E-state index contributed by atoms with van der Waals surface area (Å²) in [6.45, 7) is 0. The van der Waals surface area contributed by atoms with Gasteiger partial charge in [-0.2, -0.15) is 8.42 Å². The number of benzene rings is 3. The number of rotatable bonds is 5. The zero-order chi connectivity index (χ0) is 19.7. The summed E-state index contributed by atoms with van der Waals surface area (Å²) in [6.07, 6.45) is 1.06. The van der Waals surface area contributed by atoms with Crippen molar-refractivity contribution in [2.75, 3.05) is 6.26 Å². The second-order valence-corrected chi connectivity index (χ2v) is 10.3. The molecule has 3 aromatic carbocycles. The van der Waals surface area contributed by atoms with Gasteiger partial charge >= 0.3 is 10.1 Å². The molecule has 5 nitrogen and oxygen atoms in total. The number of halogens is 1. The SMILES string of the molecule is CS(=O)(=O)c1ccc(S(=O)(=O)Oc2ccc(-c3ccc(Br)cc3)cc2)cc1. The van der Waals surface area contributed by atoms with Gasteiger partial charge in [0.05, 0.1) is 4.90 Å². The van der Waals surface area contributed by atoms with Crippen LogP contribution in [0.3, 0.4) is 0 Å². The van der Waals surface area contributed by atoms with E-state index in [0.29, 0.717) is 0 Å². The average Bonchev–Trinajstić information content (AvgIpc) is 2.62. The molecular weight excluding hydrogens is 452 g/mol. The minimum atomic E-state index is -4.06. The molecule has 27 heavy (non-hydrogen) atoms. The Morgan fingerprint density at radius 3 is 1.59 bits per heavy atom. The van der Waals surface area contributed by atoms with Crippen molar-refractivity contribution in [1.29, 1.82) is 0 Å². The van der Waals surface area contributed by atoms with Crippen molar-refractivity contribution in [3.63, 3.8) is 0 Å². The van der Waals surface area contributed by atoms with Gasteiger partial charge in [0.15, 0.2) is 9.84 Å². The fraction of sp³-hybridized carbons (Fsp3) is 0.0526. The molecule has 0 saturated heterocycles. The van der Waals surface area contributed by atoms with Crippen LogP contribution in [0, 0.1) is 0 Å². The van der Waals surface area contributed by atoms with E-state index in [1.807, 2.05) is 24.3 Å². The number of sulfone groups is 1. The molecule has 0 aliphatic heterocycles. The van der Waals surface area contributed by atoms with Crippen LogP contribution in [0.4, 0.5) is 0 Å². The van der Waals surface area contributed by atoms with E-state index in [2.05, 4.69) is 15.9 Å². The highest BCUT2D eigenvalue weighted by Crippen LogP contribution is 2.26. The maximum Gasteiger partial charge on any atom is 0.339 e. The first-order valence-electron chi connectivity index (χ1n) is 7.76. The van der Waals surface area contributed by atoms with Crippen molar-refractivity contribution in [2.45, 2.75) is 9.79 Å². The third-order valence-electron chi connectivity index (χ3n) is 3.78. The molecule has 0 aliphatic carbocycles. The van der Waals surface area contributed by atoms with Gasteiger partial charge in [0, 0.05) is 10.7 Å². The highest BCUT2D eigenvalue weighted by atomic mass is 79.9. The van der Waals surface area contributed by atoms with Crippen molar-refractivity contribution in [3.8, 4) is 16.9 Å². The van der Waals surface area contributed by atoms with E-state index in [1.165, 1.54) is 24.3 Å². The largest absolute Gasteiger partial charge is 0.379 e. The van der Waals surface area contributed by atoms with Crippen LogP contribution < -0.4 is 4.18 Å². The third kappa shape index (κ3) is 4.77. The minimum Gasteiger partial charge on any atom is -0.379 e. The summed E-state index contributed by atoms with van der Waals surface area (Å²) in [5.41, 5.74) is 1.91. The molecule has 0 bridgehead atoms. The fourth-order valence-electron chi connectivity index (χ4n) is 2.37. The van der Waals surface area contributed by atoms with Gasteiger partial charge < -0.3 is 4.18 Å². The molecule has 0 N–H and O–H groups in total. The van der Waals surface area contributed by atoms with Crippen molar-refractivity contribution >= 4 is 35.9 Å². The van der Waals surface area contributed by atoms with Crippen LogP contribution >= 0.6 is 15.9 Å². The molecule has 3 rings (SSSR count). The van der Waals surface area contributed by atoms with Gasteiger partial charge in [-0.15, -0.1) is 0 Å². The fourth-order valence-corrected chi connectivity index (χ4v) is 4.20. The average molecular weight is 467 g/mol. The Balaban J connectivity index is 1.80. The molecule has 140 valence electrons. The van der Waals surface area contributed by atoms with E-state index in [0.717, 1.165) is 21.9 Å². The predicted molar refractivity (Wildman–Crippen MR) is 107 cm³/mol. The Bertz CT molecular complexity index is 1150. The van der Waals surface area contributed by atoms with Gasteiger partial charge in [-0.25, -0.2) is 8.42 Å². The molecule has 0 amide bonds. The molecule has 0 aromatic heterocycles. The summed E-state index contributed by atoms with van der Waals surface area (Å²) in [4.78, 5) is -0.0767. The Morgan fingerprint density at radius 1 is 0.667 bits per heavy atom. The number of hydrogen-bond donors (Lipinski definition) is 0. The first kappa shape index (κ1) is 19.6. The lowest BCUT2D eigenvalue weighted by Gasteiger charge is -2.09. The molecule has 0 heterocycles. The third-order valence-corrected chi connectivity index (χ3v) is 6.70. The van der Waals surface area contributed by atoms with Crippen molar-refractivity contribution < 1.29 is 21.0 Å². The van der Waals surface area contributed by atoms with Crippen molar-refractivity contribution in [1.82, 2.24) is 0 Å². The zero-order valence-corrected chi connectivity index (χ0v) is 17.4. The quantitative estimate of drug-likeness (QED) is 0.524. The molecule has 0 saturated carbocycles. The number of hydrogen-bond acceptors (Lipinski definition) is 5. The maximum absolute atomic E-state index is 12.4. The smallest absolute Gasteiger partial charge is 0.339 e. The molecule has 0 unspecified atom stereocenters. The summed E-state index contributed by atoms with van der Waals surface area (Å²) in [5.74, 6) is 0.169. The predicted octanol–water partition coefficient (Wildman–Crippen LogP) is 4.29. The Hall–Kier alpha value is -2.16. The Morgan fingerprint density at radius 2 is 1.11 bits per heavy atom. The molecule has 0 spiro atoms. The topological polar surface area (TPSA) is 77.5 Å². The van der Waals surface area contributed by atoms with Gasteiger partial charge in [-0.05, 0) is 59.7 Å². The van der Waals surface area contributed by atoms with E-state index in [1.54, 1.807) is 24.3 Å². The van der Waals surface area contributed by atoms with Gasteiger partial charge in [0.2, 0.25) is 0 Å². The van der Waals surface area contributed by atoms with Crippen LogP contribution in [0.15, 0.2) is 87.1 Å². The normalized spacial score (nSPS) is 11.9. The zero-order valence-electron chi connectivity index (χ0n) is 14.2. The molecular formula is C19H15BrO5S2. The van der Waals surface area contributed by atoms with Crippen LogP contribution in [-0.2, 0) is 20.0 Å². The lowest BCUT2D eigenvalue weighted by Crippen LogP contribution is -2.10. The van der Waals surface area contributed by atoms with Crippen LogP contribution in [0.2, 0.25) is 0 Å². The van der Waals surface area contributed by atoms with Crippen LogP contribution in [-0.4, -0.2) is 23.1 Å². The van der Waals surface area contributed by atoms with Crippen LogP contribution in [0.25, 0.3) is 11.1 Å². The Labute approximate surface area is 166 Å². The van der Waals surface area contributed by atoms with E-state index in [9.17, 15) is 16.8 Å². The van der Waals surface area contributed by atoms with Gasteiger partial charge in [0.25, 0.3) is 0 Å². The molecule has 0 fully saturated rings. The monoisotopic (exact) mass is 466 g/mol. The van der Waals surface area contributed by atoms with Crippen LogP contribution in [0.5, 0.6) is 5.75 Å². The minimum absolute atomic E-state index is 0.0419. The first-order chi connectivity index (χ1) is 12.6. The standard InChI is InChI=1S/C19H15BrO5S2/c1-26(21,22)18-10-12-19(13-11-18)27(23,24)25-17-8-4-15(5-9-17)14-2-6-16(20)7-3-14/h2-13H,1H3. The maximum atomic E-state index is 12.4. The highest BCUT2D eigenvalue weighted by Gasteiger charge is 2.18. The van der Waals surface area contributed by atoms with E-state index < -0.39 is 20.0 Å². The Kier molecular flexibility index (Phi) is 5.41. The summed E-state index contributed by atoms with van der Waals surface area (Å²) in [7, 11) is -7.46. The first-order valence-corrected chi connectivity index (χ1v) is 11.8. The van der Waals surface area contributed by atoms with E-state index in [-0.39, 0.29) is 15.5 Å². The molecule has 8 heteroatoms. The van der Waals surface area contributed by atoms with Gasteiger partial charge in [0.1, 0.15) is 10.6 Å². The lowest BCUT2D eigenvalue weighted by molar-refractivity contribution is 0.486. The van der Waals surface area contributed by atoms with E-state index in [4.69, 9.17) is 4.18 Å².